The number of likely N-dealkylation sites (tertiary alicyclic amines) is 1. The van der Waals surface area contributed by atoms with Gasteiger partial charge < -0.3 is 15.2 Å². The van der Waals surface area contributed by atoms with Crippen molar-refractivity contribution in [3.05, 3.63) is 95.8 Å². The third-order valence-electron chi connectivity index (χ3n) is 9.31. The third-order valence-corrected chi connectivity index (χ3v) is 10.8. The summed E-state index contributed by atoms with van der Waals surface area (Å²) in [6.07, 6.45) is 5.61. The Hall–Kier alpha value is -3.53. The van der Waals surface area contributed by atoms with E-state index in [1.807, 2.05) is 18.2 Å². The molecule has 8 nitrogen and oxygen atoms in total. The van der Waals surface area contributed by atoms with Crippen molar-refractivity contribution in [1.29, 1.82) is 0 Å². The predicted octanol–water partition coefficient (Wildman–Crippen LogP) is 5.01. The Balaban J connectivity index is 1.15. The SMILES string of the molecule is Cc1nc2ccccc2n1[C@H]1CCN(CCC(CNS(=O)(=O)c2ccc(C(N)=O)cc2)c2ccccc2)C2CC[C@H]2C1. The average Bonchev–Trinajstić information content (AvgIpc) is 3.26. The highest BCUT2D eigenvalue weighted by Gasteiger charge is 2.40. The number of hydrogen-bond donors (Lipinski definition) is 2. The van der Waals surface area contributed by atoms with E-state index >= 15 is 0 Å². The number of nitrogens with zero attached hydrogens (tertiary/aromatic N) is 3. The Morgan fingerprint density at radius 2 is 1.74 bits per heavy atom. The molecule has 220 valence electrons. The maximum Gasteiger partial charge on any atom is 0.248 e. The molecule has 1 aliphatic carbocycles. The zero-order chi connectivity index (χ0) is 29.3. The fraction of sp³-hybridized carbons (Fsp3) is 0.394. The third kappa shape index (κ3) is 5.86. The Labute approximate surface area is 248 Å². The summed E-state index contributed by atoms with van der Waals surface area (Å²) in [4.78, 5) is 19.0. The van der Waals surface area contributed by atoms with E-state index in [1.165, 1.54) is 49.0 Å². The Morgan fingerprint density at radius 1 is 1.00 bits per heavy atom. The molecule has 1 aliphatic heterocycles. The van der Waals surface area contributed by atoms with Gasteiger partial charge in [-0.05, 0) is 99.4 Å². The van der Waals surface area contributed by atoms with Crippen LogP contribution in [0.1, 0.15) is 65.8 Å². The van der Waals surface area contributed by atoms with Crippen molar-refractivity contribution in [3.8, 4) is 0 Å². The second-order valence-electron chi connectivity index (χ2n) is 11.8. The molecule has 9 heteroatoms. The first-order valence-electron chi connectivity index (χ1n) is 14.9. The molecular weight excluding hydrogens is 546 g/mol. The molecule has 3 N–H and O–H groups in total. The van der Waals surface area contributed by atoms with E-state index < -0.39 is 15.9 Å². The number of primary amides is 1. The molecule has 2 aliphatic rings. The highest BCUT2D eigenvalue weighted by molar-refractivity contribution is 7.89. The van der Waals surface area contributed by atoms with E-state index in [9.17, 15) is 13.2 Å². The summed E-state index contributed by atoms with van der Waals surface area (Å²) in [5.41, 5.74) is 9.01. The van der Waals surface area contributed by atoms with Crippen LogP contribution in [0.25, 0.3) is 11.0 Å². The minimum atomic E-state index is -3.74. The van der Waals surface area contributed by atoms with Crippen molar-refractivity contribution >= 4 is 27.0 Å². The molecule has 2 heterocycles. The fourth-order valence-electron chi connectivity index (χ4n) is 6.92. The maximum atomic E-state index is 13.1. The molecular formula is C33H39N5O3S. The van der Waals surface area contributed by atoms with Gasteiger partial charge in [-0.1, -0.05) is 42.5 Å². The lowest BCUT2D eigenvalue weighted by atomic mass is 9.75. The van der Waals surface area contributed by atoms with Crippen molar-refractivity contribution in [2.24, 2.45) is 11.7 Å². The minimum absolute atomic E-state index is 0.0308. The van der Waals surface area contributed by atoms with Gasteiger partial charge in [0.2, 0.25) is 15.9 Å². The largest absolute Gasteiger partial charge is 0.366 e. The van der Waals surface area contributed by atoms with Gasteiger partial charge in [0.15, 0.2) is 0 Å². The number of nitrogens with two attached hydrogens (primary N) is 1. The molecule has 1 aromatic heterocycles. The molecule has 4 atom stereocenters. The first kappa shape index (κ1) is 28.6. The van der Waals surface area contributed by atoms with Gasteiger partial charge in [0.1, 0.15) is 5.82 Å². The predicted molar refractivity (Wildman–Crippen MR) is 165 cm³/mol. The van der Waals surface area contributed by atoms with Crippen LogP contribution in [0.4, 0.5) is 0 Å². The molecule has 0 bridgehead atoms. The smallest absolute Gasteiger partial charge is 0.248 e. The van der Waals surface area contributed by atoms with Crippen molar-refractivity contribution in [2.45, 2.75) is 61.9 Å². The monoisotopic (exact) mass is 585 g/mol. The van der Waals surface area contributed by atoms with Gasteiger partial charge in [0.05, 0.1) is 15.9 Å². The Morgan fingerprint density at radius 3 is 2.45 bits per heavy atom. The first-order chi connectivity index (χ1) is 20.3. The normalized spacial score (nSPS) is 21.8. The van der Waals surface area contributed by atoms with Crippen molar-refractivity contribution in [3.63, 3.8) is 0 Å². The van der Waals surface area contributed by atoms with Gasteiger partial charge in [0, 0.05) is 30.7 Å². The molecule has 1 amide bonds. The van der Waals surface area contributed by atoms with Gasteiger partial charge in [-0.15, -0.1) is 0 Å². The topological polar surface area (TPSA) is 110 Å². The molecule has 6 rings (SSSR count). The second kappa shape index (κ2) is 12.0. The van der Waals surface area contributed by atoms with Crippen LogP contribution in [0.2, 0.25) is 0 Å². The molecule has 3 aromatic carbocycles. The highest BCUT2D eigenvalue weighted by atomic mass is 32.2. The number of imidazole rings is 1. The summed E-state index contributed by atoms with van der Waals surface area (Å²) in [6, 6.07) is 25.4. The lowest BCUT2D eigenvalue weighted by molar-refractivity contribution is 0.0701. The van der Waals surface area contributed by atoms with Gasteiger partial charge in [0.25, 0.3) is 0 Å². The summed E-state index contributed by atoms with van der Waals surface area (Å²) in [7, 11) is -3.74. The van der Waals surface area contributed by atoms with Crippen LogP contribution in [0.15, 0.2) is 83.8 Å². The first-order valence-corrected chi connectivity index (χ1v) is 16.4. The van der Waals surface area contributed by atoms with Gasteiger partial charge in [-0.2, -0.15) is 0 Å². The molecule has 1 saturated heterocycles. The van der Waals surface area contributed by atoms with Crippen molar-refractivity contribution < 1.29 is 13.2 Å². The van der Waals surface area contributed by atoms with Crippen LogP contribution < -0.4 is 10.5 Å². The number of fused-ring (bicyclic) bond motifs is 2. The van der Waals surface area contributed by atoms with Crippen LogP contribution in [-0.2, 0) is 10.0 Å². The number of rotatable bonds is 10. The van der Waals surface area contributed by atoms with E-state index in [1.54, 1.807) is 0 Å². The quantitative estimate of drug-likeness (QED) is 0.272. The van der Waals surface area contributed by atoms with Crippen molar-refractivity contribution in [1.82, 2.24) is 19.2 Å². The number of nitrogens with one attached hydrogen (secondary N) is 1. The number of sulfonamides is 1. The van der Waals surface area contributed by atoms with Crippen LogP contribution in [-0.4, -0.2) is 54.5 Å². The van der Waals surface area contributed by atoms with Crippen LogP contribution in [0, 0.1) is 12.8 Å². The number of para-hydroxylation sites is 2. The molecule has 0 radical (unpaired) electrons. The Bertz CT molecular complexity index is 1650. The zero-order valence-electron chi connectivity index (χ0n) is 24.0. The average molecular weight is 586 g/mol. The summed E-state index contributed by atoms with van der Waals surface area (Å²) in [6.45, 7) is 4.37. The van der Waals surface area contributed by atoms with E-state index in [4.69, 9.17) is 10.7 Å². The lowest BCUT2D eigenvalue weighted by Gasteiger charge is -2.43. The molecule has 0 spiro atoms. The van der Waals surface area contributed by atoms with E-state index in [2.05, 4.69) is 57.5 Å². The lowest BCUT2D eigenvalue weighted by Crippen LogP contribution is -2.46. The number of aromatic nitrogens is 2. The highest BCUT2D eigenvalue weighted by Crippen LogP contribution is 2.43. The van der Waals surface area contributed by atoms with E-state index in [-0.39, 0.29) is 16.4 Å². The molecule has 42 heavy (non-hydrogen) atoms. The number of carbonyl (C=O) groups is 1. The van der Waals surface area contributed by atoms with Crippen molar-refractivity contribution in [2.75, 3.05) is 19.6 Å². The van der Waals surface area contributed by atoms with Gasteiger partial charge in [-0.3, -0.25) is 4.79 Å². The summed E-state index contributed by atoms with van der Waals surface area (Å²) in [5, 5.41) is 0. The number of carbonyl (C=O) groups excluding carboxylic acids is 1. The maximum absolute atomic E-state index is 13.1. The Kier molecular flexibility index (Phi) is 8.16. The molecule has 2 fully saturated rings. The van der Waals surface area contributed by atoms with E-state index in [0.29, 0.717) is 24.5 Å². The fourth-order valence-corrected chi connectivity index (χ4v) is 8.00. The minimum Gasteiger partial charge on any atom is -0.366 e. The van der Waals surface area contributed by atoms with Crippen LogP contribution in [0.3, 0.4) is 0 Å². The summed E-state index contributed by atoms with van der Waals surface area (Å²) < 4.78 is 31.6. The van der Waals surface area contributed by atoms with Crippen LogP contribution >= 0.6 is 0 Å². The number of amides is 1. The van der Waals surface area contributed by atoms with Crippen LogP contribution in [0.5, 0.6) is 0 Å². The number of aryl methyl sites for hydroxylation is 1. The second-order valence-corrected chi connectivity index (χ2v) is 13.5. The number of hydrogen-bond acceptors (Lipinski definition) is 5. The number of benzene rings is 3. The van der Waals surface area contributed by atoms with Gasteiger partial charge in [-0.25, -0.2) is 18.1 Å². The molecule has 4 aromatic rings. The molecule has 1 saturated carbocycles. The summed E-state index contributed by atoms with van der Waals surface area (Å²) >= 11 is 0. The van der Waals surface area contributed by atoms with E-state index in [0.717, 1.165) is 42.8 Å². The zero-order valence-corrected chi connectivity index (χ0v) is 24.8. The molecule has 2 unspecified atom stereocenters. The standard InChI is InChI=1S/C33H39N5O3S/c1-23-36-30-9-5-6-10-32(30)38(23)28-18-20-37(31-16-13-26(31)21-28)19-17-27(24-7-3-2-4-8-24)22-35-42(40,41)29-14-11-25(12-15-29)33(34)39/h2-12,14-15,26-28,31,35H,13,16-22H2,1H3,(H2,34,39)/t26-,27?,28-,31?/m0/s1. The van der Waals surface area contributed by atoms with Gasteiger partial charge >= 0.3 is 0 Å². The summed E-state index contributed by atoms with van der Waals surface area (Å²) in [5.74, 6) is 1.21.